The summed E-state index contributed by atoms with van der Waals surface area (Å²) in [6.07, 6.45) is 4.77. The number of amidine groups is 1. The standard InChI is InChI=1S/C11H9ClN4OS/c12-7-1-2-10(15-5-7)18-9-6-14-4-3-8(9)11(13)16-17/h1-6,17H,(H2,13,16). The third kappa shape index (κ3) is 2.91. The molecule has 2 aromatic heterocycles. The van der Waals surface area contributed by atoms with E-state index in [9.17, 15) is 0 Å². The van der Waals surface area contributed by atoms with Gasteiger partial charge in [0.25, 0.3) is 0 Å². The van der Waals surface area contributed by atoms with Gasteiger partial charge in [-0.2, -0.15) is 0 Å². The summed E-state index contributed by atoms with van der Waals surface area (Å²) in [5.74, 6) is 0.0360. The molecule has 0 radical (unpaired) electrons. The Balaban J connectivity index is 2.32. The molecule has 0 saturated carbocycles. The summed E-state index contributed by atoms with van der Waals surface area (Å²) < 4.78 is 0. The minimum absolute atomic E-state index is 0.0360. The molecule has 0 aliphatic rings. The summed E-state index contributed by atoms with van der Waals surface area (Å²) >= 11 is 7.12. The zero-order valence-corrected chi connectivity index (χ0v) is 10.7. The molecule has 0 fully saturated rings. The maximum atomic E-state index is 8.72. The van der Waals surface area contributed by atoms with Crippen LogP contribution in [0.1, 0.15) is 5.56 Å². The third-order valence-corrected chi connectivity index (χ3v) is 3.30. The molecule has 0 aliphatic heterocycles. The summed E-state index contributed by atoms with van der Waals surface area (Å²) in [6.45, 7) is 0. The lowest BCUT2D eigenvalue weighted by molar-refractivity contribution is 0.318. The molecule has 2 aromatic rings. The lowest BCUT2D eigenvalue weighted by Crippen LogP contribution is -2.14. The van der Waals surface area contributed by atoms with Crippen LogP contribution in [0.5, 0.6) is 0 Å². The lowest BCUT2D eigenvalue weighted by Gasteiger charge is -2.06. The molecule has 0 bridgehead atoms. The van der Waals surface area contributed by atoms with Crippen molar-refractivity contribution in [2.45, 2.75) is 9.92 Å². The van der Waals surface area contributed by atoms with Gasteiger partial charge in [0, 0.05) is 29.0 Å². The van der Waals surface area contributed by atoms with Crippen LogP contribution in [0, 0.1) is 0 Å². The van der Waals surface area contributed by atoms with Gasteiger partial charge in [0.05, 0.1) is 5.02 Å². The van der Waals surface area contributed by atoms with Crippen molar-refractivity contribution >= 4 is 29.2 Å². The highest BCUT2D eigenvalue weighted by Crippen LogP contribution is 2.28. The van der Waals surface area contributed by atoms with Gasteiger partial charge in [0.15, 0.2) is 5.84 Å². The van der Waals surface area contributed by atoms with Gasteiger partial charge < -0.3 is 10.9 Å². The van der Waals surface area contributed by atoms with Crippen LogP contribution in [0.15, 0.2) is 51.9 Å². The number of hydrogen-bond donors (Lipinski definition) is 2. The van der Waals surface area contributed by atoms with E-state index in [2.05, 4.69) is 15.1 Å². The fourth-order valence-electron chi connectivity index (χ4n) is 1.26. The summed E-state index contributed by atoms with van der Waals surface area (Å²) in [5, 5.41) is 13.0. The zero-order chi connectivity index (χ0) is 13.0. The predicted octanol–water partition coefficient (Wildman–Crippen LogP) is 2.38. The molecule has 0 unspecified atom stereocenters. The number of halogens is 1. The topological polar surface area (TPSA) is 84.4 Å². The van der Waals surface area contributed by atoms with Gasteiger partial charge in [0.2, 0.25) is 0 Å². The highest BCUT2D eigenvalue weighted by Gasteiger charge is 2.09. The summed E-state index contributed by atoms with van der Waals surface area (Å²) in [6, 6.07) is 5.21. The van der Waals surface area contributed by atoms with Crippen molar-refractivity contribution in [1.29, 1.82) is 0 Å². The molecule has 7 heteroatoms. The average Bonchev–Trinajstić information content (AvgIpc) is 2.41. The van der Waals surface area contributed by atoms with E-state index >= 15 is 0 Å². The highest BCUT2D eigenvalue weighted by molar-refractivity contribution is 7.99. The van der Waals surface area contributed by atoms with Crippen LogP contribution in [-0.4, -0.2) is 21.0 Å². The number of oxime groups is 1. The van der Waals surface area contributed by atoms with E-state index in [1.54, 1.807) is 36.8 Å². The van der Waals surface area contributed by atoms with Crippen LogP contribution in [0.4, 0.5) is 0 Å². The van der Waals surface area contributed by atoms with Crippen molar-refractivity contribution in [3.8, 4) is 0 Å². The van der Waals surface area contributed by atoms with Crippen molar-refractivity contribution in [2.24, 2.45) is 10.9 Å². The fourth-order valence-corrected chi connectivity index (χ4v) is 2.24. The van der Waals surface area contributed by atoms with E-state index in [1.807, 2.05) is 0 Å². The number of rotatable bonds is 3. The minimum atomic E-state index is 0.0360. The highest BCUT2D eigenvalue weighted by atomic mass is 35.5. The Kier molecular flexibility index (Phi) is 4.01. The molecule has 5 nitrogen and oxygen atoms in total. The largest absolute Gasteiger partial charge is 0.409 e. The molecule has 0 aliphatic carbocycles. The summed E-state index contributed by atoms with van der Waals surface area (Å²) in [7, 11) is 0. The average molecular weight is 281 g/mol. The Morgan fingerprint density at radius 3 is 2.83 bits per heavy atom. The molecule has 0 amide bonds. The molecule has 2 rings (SSSR count). The van der Waals surface area contributed by atoms with Crippen molar-refractivity contribution in [3.63, 3.8) is 0 Å². The first kappa shape index (κ1) is 12.7. The molecule has 0 aromatic carbocycles. The lowest BCUT2D eigenvalue weighted by atomic mass is 10.2. The summed E-state index contributed by atoms with van der Waals surface area (Å²) in [5.41, 5.74) is 6.20. The van der Waals surface area contributed by atoms with Crippen LogP contribution in [-0.2, 0) is 0 Å². The minimum Gasteiger partial charge on any atom is -0.409 e. The van der Waals surface area contributed by atoms with E-state index in [0.29, 0.717) is 10.6 Å². The monoisotopic (exact) mass is 280 g/mol. The number of nitrogens with zero attached hydrogens (tertiary/aromatic N) is 3. The Bertz CT molecular complexity index is 574. The first-order valence-corrected chi connectivity index (χ1v) is 6.11. The first-order valence-electron chi connectivity index (χ1n) is 4.92. The van der Waals surface area contributed by atoms with E-state index in [1.165, 1.54) is 11.8 Å². The van der Waals surface area contributed by atoms with Gasteiger partial charge in [-0.05, 0) is 18.2 Å². The Hall–Kier alpha value is -1.79. The second-order valence-electron chi connectivity index (χ2n) is 3.27. The molecular formula is C11H9ClN4OS. The first-order chi connectivity index (χ1) is 8.70. The molecule has 0 spiro atoms. The van der Waals surface area contributed by atoms with Crippen LogP contribution in [0.2, 0.25) is 5.02 Å². The quantitative estimate of drug-likeness (QED) is 0.390. The van der Waals surface area contributed by atoms with Gasteiger partial charge in [0.1, 0.15) is 5.03 Å². The molecule has 18 heavy (non-hydrogen) atoms. The molecule has 0 saturated heterocycles. The number of aromatic nitrogens is 2. The predicted molar refractivity (Wildman–Crippen MR) is 70.1 cm³/mol. The van der Waals surface area contributed by atoms with Crippen LogP contribution < -0.4 is 5.73 Å². The Labute approximate surface area is 113 Å². The number of pyridine rings is 2. The molecule has 3 N–H and O–H groups in total. The number of nitrogens with two attached hydrogens (primary N) is 1. The van der Waals surface area contributed by atoms with Crippen LogP contribution >= 0.6 is 23.4 Å². The van der Waals surface area contributed by atoms with E-state index in [4.69, 9.17) is 22.5 Å². The zero-order valence-electron chi connectivity index (χ0n) is 9.12. The second-order valence-corrected chi connectivity index (χ2v) is 4.77. The normalized spacial score (nSPS) is 11.5. The molecule has 92 valence electrons. The van der Waals surface area contributed by atoms with Crippen molar-refractivity contribution in [2.75, 3.05) is 0 Å². The molecular weight excluding hydrogens is 272 g/mol. The van der Waals surface area contributed by atoms with Crippen molar-refractivity contribution < 1.29 is 5.21 Å². The van der Waals surface area contributed by atoms with E-state index in [-0.39, 0.29) is 5.84 Å². The molecule has 2 heterocycles. The van der Waals surface area contributed by atoms with Gasteiger partial charge >= 0.3 is 0 Å². The van der Waals surface area contributed by atoms with Gasteiger partial charge in [-0.25, -0.2) is 4.98 Å². The SMILES string of the molecule is NC(=NO)c1ccncc1Sc1ccc(Cl)cn1. The second kappa shape index (κ2) is 5.70. The molecule has 0 atom stereocenters. The maximum Gasteiger partial charge on any atom is 0.171 e. The fraction of sp³-hybridized carbons (Fsp3) is 0. The summed E-state index contributed by atoms with van der Waals surface area (Å²) in [4.78, 5) is 8.92. The van der Waals surface area contributed by atoms with Crippen molar-refractivity contribution in [3.05, 3.63) is 47.4 Å². The maximum absolute atomic E-state index is 8.72. The van der Waals surface area contributed by atoms with Crippen LogP contribution in [0.3, 0.4) is 0 Å². The van der Waals surface area contributed by atoms with Crippen LogP contribution in [0.25, 0.3) is 0 Å². The van der Waals surface area contributed by atoms with Crippen molar-refractivity contribution in [1.82, 2.24) is 9.97 Å². The number of hydrogen-bond acceptors (Lipinski definition) is 5. The van der Waals surface area contributed by atoms with Gasteiger partial charge in [-0.1, -0.05) is 28.5 Å². The smallest absolute Gasteiger partial charge is 0.171 e. The Morgan fingerprint density at radius 1 is 1.33 bits per heavy atom. The van der Waals surface area contributed by atoms with Gasteiger partial charge in [-0.15, -0.1) is 0 Å². The van der Waals surface area contributed by atoms with E-state index in [0.717, 1.165) is 9.92 Å². The van der Waals surface area contributed by atoms with E-state index < -0.39 is 0 Å². The van der Waals surface area contributed by atoms with Gasteiger partial charge in [-0.3, -0.25) is 4.98 Å². The third-order valence-electron chi connectivity index (χ3n) is 2.08. The Morgan fingerprint density at radius 2 is 2.17 bits per heavy atom.